The van der Waals surface area contributed by atoms with E-state index in [1.165, 1.54) is 38.1 Å². The molecule has 0 aliphatic carbocycles. The van der Waals surface area contributed by atoms with Crippen molar-refractivity contribution < 1.29 is 0 Å². The van der Waals surface area contributed by atoms with Crippen molar-refractivity contribution in [1.82, 2.24) is 9.91 Å². The van der Waals surface area contributed by atoms with E-state index in [4.69, 9.17) is 0 Å². The molecule has 74 valence electrons. The van der Waals surface area contributed by atoms with Crippen LogP contribution < -0.4 is 0 Å². The van der Waals surface area contributed by atoms with Gasteiger partial charge in [-0.3, -0.25) is 5.01 Å². The first-order valence-corrected chi connectivity index (χ1v) is 5.25. The van der Waals surface area contributed by atoms with Gasteiger partial charge in [-0.25, -0.2) is 0 Å². The average Bonchev–Trinajstić information content (AvgIpc) is 2.53. The maximum atomic E-state index is 4.57. The van der Waals surface area contributed by atoms with E-state index in [-0.39, 0.29) is 0 Å². The van der Waals surface area contributed by atoms with E-state index in [1.807, 2.05) is 0 Å². The number of likely N-dealkylation sites (tertiary alicyclic amines) is 1. The zero-order valence-electron chi connectivity index (χ0n) is 8.66. The Hall–Kier alpha value is -0.570. The van der Waals surface area contributed by atoms with Gasteiger partial charge in [0.2, 0.25) is 0 Å². The highest BCUT2D eigenvalue weighted by molar-refractivity contribution is 5.83. The molecule has 3 nitrogen and oxygen atoms in total. The molecule has 0 radical (unpaired) electrons. The SMILES string of the molecule is CC1=NN(C2CCN(C)CC2)CC1. The summed E-state index contributed by atoms with van der Waals surface area (Å²) < 4.78 is 0. The highest BCUT2D eigenvalue weighted by Gasteiger charge is 2.24. The number of nitrogens with zero attached hydrogens (tertiary/aromatic N) is 3. The largest absolute Gasteiger partial charge is 0.306 e. The van der Waals surface area contributed by atoms with E-state index >= 15 is 0 Å². The van der Waals surface area contributed by atoms with Gasteiger partial charge in [0.05, 0.1) is 0 Å². The van der Waals surface area contributed by atoms with E-state index in [0.29, 0.717) is 6.04 Å². The van der Waals surface area contributed by atoms with Crippen LogP contribution in [0, 0.1) is 0 Å². The van der Waals surface area contributed by atoms with Crippen molar-refractivity contribution in [2.45, 2.75) is 32.2 Å². The van der Waals surface area contributed by atoms with Crippen LogP contribution in [0.25, 0.3) is 0 Å². The highest BCUT2D eigenvalue weighted by atomic mass is 15.5. The molecule has 1 saturated heterocycles. The molecule has 0 spiro atoms. The number of hydrogen-bond acceptors (Lipinski definition) is 3. The second kappa shape index (κ2) is 3.66. The summed E-state index contributed by atoms with van der Waals surface area (Å²) in [5.74, 6) is 0. The Labute approximate surface area is 80.4 Å². The summed E-state index contributed by atoms with van der Waals surface area (Å²) in [5, 5.41) is 6.88. The molecule has 0 bridgehead atoms. The Balaban J connectivity index is 1.88. The standard InChI is InChI=1S/C10H19N3/c1-9-3-8-13(11-9)10-4-6-12(2)7-5-10/h10H,3-8H2,1-2H3. The van der Waals surface area contributed by atoms with Gasteiger partial charge in [-0.05, 0) is 39.9 Å². The number of hydrazone groups is 1. The van der Waals surface area contributed by atoms with Crippen molar-refractivity contribution in [1.29, 1.82) is 0 Å². The molecule has 2 rings (SSSR count). The third-order valence-corrected chi connectivity index (χ3v) is 3.11. The number of hydrogen-bond donors (Lipinski definition) is 0. The van der Waals surface area contributed by atoms with Gasteiger partial charge >= 0.3 is 0 Å². The minimum absolute atomic E-state index is 0.716. The van der Waals surface area contributed by atoms with Crippen LogP contribution in [0.5, 0.6) is 0 Å². The van der Waals surface area contributed by atoms with Crippen molar-refractivity contribution in [3.8, 4) is 0 Å². The van der Waals surface area contributed by atoms with Crippen molar-refractivity contribution in [3.63, 3.8) is 0 Å². The Morgan fingerprint density at radius 3 is 2.46 bits per heavy atom. The molecule has 13 heavy (non-hydrogen) atoms. The second-order valence-electron chi connectivity index (χ2n) is 4.28. The zero-order valence-corrected chi connectivity index (χ0v) is 8.66. The van der Waals surface area contributed by atoms with Gasteiger partial charge in [0.25, 0.3) is 0 Å². The van der Waals surface area contributed by atoms with Gasteiger partial charge < -0.3 is 4.90 Å². The summed E-state index contributed by atoms with van der Waals surface area (Å²) in [6.45, 7) is 5.75. The van der Waals surface area contributed by atoms with E-state index in [0.717, 1.165) is 6.54 Å². The summed E-state index contributed by atoms with van der Waals surface area (Å²) in [6, 6.07) is 0.716. The second-order valence-corrected chi connectivity index (χ2v) is 4.28. The quantitative estimate of drug-likeness (QED) is 0.604. The summed E-state index contributed by atoms with van der Waals surface area (Å²) in [7, 11) is 2.20. The molecule has 2 aliphatic rings. The molecule has 0 aromatic rings. The minimum Gasteiger partial charge on any atom is -0.306 e. The molecular formula is C10H19N3. The first kappa shape index (κ1) is 9.00. The minimum atomic E-state index is 0.716. The van der Waals surface area contributed by atoms with Crippen LogP contribution in [0.15, 0.2) is 5.10 Å². The predicted octanol–water partition coefficient (Wildman–Crippen LogP) is 1.16. The Kier molecular flexibility index (Phi) is 2.54. The lowest BCUT2D eigenvalue weighted by atomic mass is 10.1. The van der Waals surface area contributed by atoms with Crippen molar-refractivity contribution in [2.24, 2.45) is 5.10 Å². The molecular weight excluding hydrogens is 162 g/mol. The molecule has 3 heteroatoms. The smallest absolute Gasteiger partial charge is 0.0495 e. The van der Waals surface area contributed by atoms with Crippen LogP contribution in [0.1, 0.15) is 26.2 Å². The van der Waals surface area contributed by atoms with Crippen LogP contribution in [0.2, 0.25) is 0 Å². The molecule has 2 heterocycles. The molecule has 0 aromatic heterocycles. The van der Waals surface area contributed by atoms with Gasteiger partial charge in [0.1, 0.15) is 0 Å². The van der Waals surface area contributed by atoms with Crippen LogP contribution in [-0.2, 0) is 0 Å². The predicted molar refractivity (Wildman–Crippen MR) is 55.0 cm³/mol. The fourth-order valence-corrected chi connectivity index (χ4v) is 2.15. The molecule has 0 saturated carbocycles. The molecule has 0 atom stereocenters. The van der Waals surface area contributed by atoms with Crippen molar-refractivity contribution in [2.75, 3.05) is 26.7 Å². The fraction of sp³-hybridized carbons (Fsp3) is 0.900. The maximum Gasteiger partial charge on any atom is 0.0495 e. The maximum absolute atomic E-state index is 4.57. The molecule has 0 N–H and O–H groups in total. The number of rotatable bonds is 1. The molecule has 0 unspecified atom stereocenters. The lowest BCUT2D eigenvalue weighted by Crippen LogP contribution is -2.40. The number of piperidine rings is 1. The topological polar surface area (TPSA) is 18.8 Å². The van der Waals surface area contributed by atoms with Crippen LogP contribution >= 0.6 is 0 Å². The van der Waals surface area contributed by atoms with Crippen LogP contribution in [-0.4, -0.2) is 48.3 Å². The van der Waals surface area contributed by atoms with E-state index < -0.39 is 0 Å². The summed E-state index contributed by atoms with van der Waals surface area (Å²) in [4.78, 5) is 2.41. The van der Waals surface area contributed by atoms with Gasteiger partial charge in [-0.2, -0.15) is 5.10 Å². The van der Waals surface area contributed by atoms with Crippen LogP contribution in [0.4, 0.5) is 0 Å². The van der Waals surface area contributed by atoms with E-state index in [9.17, 15) is 0 Å². The van der Waals surface area contributed by atoms with E-state index in [1.54, 1.807) is 0 Å². The zero-order chi connectivity index (χ0) is 9.26. The van der Waals surface area contributed by atoms with Crippen molar-refractivity contribution >= 4 is 5.71 Å². The lowest BCUT2D eigenvalue weighted by Gasteiger charge is -2.33. The summed E-state index contributed by atoms with van der Waals surface area (Å²) in [5.41, 5.74) is 1.30. The Bertz CT molecular complexity index is 204. The van der Waals surface area contributed by atoms with Gasteiger partial charge in [-0.15, -0.1) is 0 Å². The third kappa shape index (κ3) is 2.02. The van der Waals surface area contributed by atoms with Gasteiger partial charge in [-0.1, -0.05) is 0 Å². The van der Waals surface area contributed by atoms with Gasteiger partial charge in [0, 0.05) is 24.7 Å². The Morgan fingerprint density at radius 2 is 1.92 bits per heavy atom. The van der Waals surface area contributed by atoms with Crippen molar-refractivity contribution in [3.05, 3.63) is 0 Å². The summed E-state index contributed by atoms with van der Waals surface area (Å²) in [6.07, 6.45) is 3.74. The monoisotopic (exact) mass is 181 g/mol. The van der Waals surface area contributed by atoms with E-state index in [2.05, 4.69) is 29.0 Å². The van der Waals surface area contributed by atoms with Gasteiger partial charge in [0.15, 0.2) is 0 Å². The first-order chi connectivity index (χ1) is 6.25. The molecule has 0 amide bonds. The molecule has 0 aromatic carbocycles. The molecule has 1 fully saturated rings. The third-order valence-electron chi connectivity index (χ3n) is 3.11. The summed E-state index contributed by atoms with van der Waals surface area (Å²) >= 11 is 0. The Morgan fingerprint density at radius 1 is 1.23 bits per heavy atom. The van der Waals surface area contributed by atoms with Crippen LogP contribution in [0.3, 0.4) is 0 Å². The normalized spacial score (nSPS) is 26.6. The lowest BCUT2D eigenvalue weighted by molar-refractivity contribution is 0.135. The fourth-order valence-electron chi connectivity index (χ4n) is 2.15. The molecule has 2 aliphatic heterocycles. The average molecular weight is 181 g/mol. The first-order valence-electron chi connectivity index (χ1n) is 5.25. The highest BCUT2D eigenvalue weighted by Crippen LogP contribution is 2.19.